The number of rotatable bonds is 8. The number of ether oxygens (including phenoxy) is 2. The summed E-state index contributed by atoms with van der Waals surface area (Å²) >= 11 is 0. The molecule has 0 saturated carbocycles. The summed E-state index contributed by atoms with van der Waals surface area (Å²) in [5.74, 6) is -1.26. The van der Waals surface area contributed by atoms with Crippen molar-refractivity contribution in [2.24, 2.45) is 0 Å². The molecule has 0 spiro atoms. The number of fused-ring (bicyclic) bond motifs is 2. The van der Waals surface area contributed by atoms with Crippen LogP contribution in [0.15, 0.2) is 66.7 Å². The third-order valence-corrected chi connectivity index (χ3v) is 6.54. The fourth-order valence-corrected chi connectivity index (χ4v) is 4.61. The molecule has 0 unspecified atom stereocenters. The zero-order valence-electron chi connectivity index (χ0n) is 21.1. The maximum atomic E-state index is 12.7. The van der Waals surface area contributed by atoms with Crippen molar-refractivity contribution in [2.75, 3.05) is 30.5 Å². The number of carbonyl (C=O) groups excluding carboxylic acids is 5. The zero-order valence-corrected chi connectivity index (χ0v) is 21.1. The number of amides is 4. The van der Waals surface area contributed by atoms with Crippen LogP contribution in [0.1, 0.15) is 49.5 Å². The van der Waals surface area contributed by atoms with Gasteiger partial charge in [-0.15, -0.1) is 0 Å². The molecule has 0 saturated heterocycles. The van der Waals surface area contributed by atoms with Gasteiger partial charge in [0.2, 0.25) is 5.91 Å². The van der Waals surface area contributed by atoms with Crippen molar-refractivity contribution >= 4 is 41.0 Å². The minimum absolute atomic E-state index is 0.0873. The van der Waals surface area contributed by atoms with Crippen LogP contribution in [0.25, 0.3) is 0 Å². The van der Waals surface area contributed by atoms with Crippen molar-refractivity contribution in [1.29, 1.82) is 0 Å². The summed E-state index contributed by atoms with van der Waals surface area (Å²) in [7, 11) is 1.30. The summed E-state index contributed by atoms with van der Waals surface area (Å²) in [6.07, 6.45) is 0.385. The van der Waals surface area contributed by atoms with Gasteiger partial charge in [0.1, 0.15) is 5.75 Å². The van der Waals surface area contributed by atoms with Gasteiger partial charge >= 0.3 is 5.97 Å². The number of hydrogen-bond acceptors (Lipinski definition) is 7. The molecule has 10 nitrogen and oxygen atoms in total. The van der Waals surface area contributed by atoms with Crippen LogP contribution < -0.4 is 15.0 Å². The second kappa shape index (κ2) is 10.8. The van der Waals surface area contributed by atoms with Crippen LogP contribution in [0.4, 0.5) is 11.4 Å². The molecule has 0 aromatic heterocycles. The fourth-order valence-electron chi connectivity index (χ4n) is 4.61. The van der Waals surface area contributed by atoms with E-state index in [1.165, 1.54) is 12.0 Å². The molecular formula is C29H25N3O7. The van der Waals surface area contributed by atoms with E-state index in [1.54, 1.807) is 66.7 Å². The number of imide groups is 1. The van der Waals surface area contributed by atoms with Crippen molar-refractivity contribution in [1.82, 2.24) is 4.90 Å². The van der Waals surface area contributed by atoms with Gasteiger partial charge in [-0.2, -0.15) is 0 Å². The number of esters is 1. The Morgan fingerprint density at radius 3 is 2.38 bits per heavy atom. The molecule has 1 N–H and O–H groups in total. The first-order chi connectivity index (χ1) is 18.9. The molecular weight excluding hydrogens is 502 g/mol. The summed E-state index contributed by atoms with van der Waals surface area (Å²) in [4.78, 5) is 65.0. The molecule has 0 bridgehead atoms. The van der Waals surface area contributed by atoms with Crippen molar-refractivity contribution in [3.8, 4) is 5.75 Å². The molecule has 3 aromatic carbocycles. The second-order valence-electron chi connectivity index (χ2n) is 9.10. The SMILES string of the molecule is COC(=O)c1cccc(CN2C(=O)COc3ccc(NC(=O)CCCN4C(=O)c5ccccc5C4=O)cc32)c1. The number of hydrogen-bond donors (Lipinski definition) is 1. The van der Waals surface area contributed by atoms with Crippen molar-refractivity contribution in [3.05, 3.63) is 89.0 Å². The lowest BCUT2D eigenvalue weighted by Crippen LogP contribution is -2.38. The monoisotopic (exact) mass is 527 g/mol. The molecule has 2 aliphatic rings. The predicted octanol–water partition coefficient (Wildman–Crippen LogP) is 3.41. The molecule has 2 heterocycles. The Kier molecular flexibility index (Phi) is 7.09. The van der Waals surface area contributed by atoms with Crippen LogP contribution in [0, 0.1) is 0 Å². The first-order valence-electron chi connectivity index (χ1n) is 12.4. The van der Waals surface area contributed by atoms with Crippen LogP contribution in [0.5, 0.6) is 5.75 Å². The molecule has 10 heteroatoms. The van der Waals surface area contributed by atoms with E-state index in [1.807, 2.05) is 0 Å². The third kappa shape index (κ3) is 5.22. The maximum absolute atomic E-state index is 12.7. The number of nitrogens with zero attached hydrogens (tertiary/aromatic N) is 2. The van der Waals surface area contributed by atoms with Gasteiger partial charge in [0.15, 0.2) is 6.61 Å². The Balaban J connectivity index is 1.23. The highest BCUT2D eigenvalue weighted by molar-refractivity contribution is 6.21. The standard InChI is InChI=1S/C29H25N3O7/c1-38-29(37)19-7-4-6-18(14-19)16-32-23-15-20(11-12-24(23)39-17-26(32)34)30-25(33)10-5-13-31-27(35)21-8-2-3-9-22(21)28(31)36/h2-4,6-9,11-12,14-15H,5,10,13,16-17H2,1H3,(H,30,33). The molecule has 2 aliphatic heterocycles. The predicted molar refractivity (Wildman–Crippen MR) is 141 cm³/mol. The van der Waals surface area contributed by atoms with E-state index in [9.17, 15) is 24.0 Å². The highest BCUT2D eigenvalue weighted by Gasteiger charge is 2.34. The lowest BCUT2D eigenvalue weighted by atomic mass is 10.1. The molecule has 4 amide bonds. The lowest BCUT2D eigenvalue weighted by molar-refractivity contribution is -0.121. The molecule has 39 heavy (non-hydrogen) atoms. The lowest BCUT2D eigenvalue weighted by Gasteiger charge is -2.30. The average molecular weight is 528 g/mol. The Morgan fingerprint density at radius 1 is 0.923 bits per heavy atom. The normalized spacial score (nSPS) is 14.0. The first-order valence-corrected chi connectivity index (χ1v) is 12.4. The van der Waals surface area contributed by atoms with E-state index < -0.39 is 5.97 Å². The Labute approximate surface area is 224 Å². The topological polar surface area (TPSA) is 122 Å². The Bertz CT molecular complexity index is 1460. The number of benzene rings is 3. The molecule has 0 aliphatic carbocycles. The van der Waals surface area contributed by atoms with Crippen LogP contribution >= 0.6 is 0 Å². The molecule has 5 rings (SSSR count). The van der Waals surface area contributed by atoms with Gasteiger partial charge in [-0.25, -0.2) is 4.79 Å². The van der Waals surface area contributed by atoms with Crippen molar-refractivity contribution < 1.29 is 33.4 Å². The summed E-state index contributed by atoms with van der Waals surface area (Å²) in [5, 5.41) is 2.81. The zero-order chi connectivity index (χ0) is 27.5. The van der Waals surface area contributed by atoms with E-state index in [0.29, 0.717) is 40.2 Å². The molecule has 3 aromatic rings. The van der Waals surface area contributed by atoms with E-state index in [2.05, 4.69) is 5.32 Å². The largest absolute Gasteiger partial charge is 0.482 e. The average Bonchev–Trinajstić information content (AvgIpc) is 3.19. The van der Waals surface area contributed by atoms with E-state index in [0.717, 1.165) is 10.5 Å². The van der Waals surface area contributed by atoms with Gasteiger partial charge in [-0.05, 0) is 54.4 Å². The molecule has 0 radical (unpaired) electrons. The third-order valence-electron chi connectivity index (χ3n) is 6.54. The van der Waals surface area contributed by atoms with Crippen LogP contribution in [0.3, 0.4) is 0 Å². The second-order valence-corrected chi connectivity index (χ2v) is 9.10. The van der Waals surface area contributed by atoms with Gasteiger partial charge in [0.25, 0.3) is 17.7 Å². The molecule has 0 atom stereocenters. The Morgan fingerprint density at radius 2 is 1.67 bits per heavy atom. The Hall–Kier alpha value is -4.99. The smallest absolute Gasteiger partial charge is 0.337 e. The number of anilines is 2. The maximum Gasteiger partial charge on any atom is 0.337 e. The van der Waals surface area contributed by atoms with Gasteiger partial charge in [-0.3, -0.25) is 24.1 Å². The number of carbonyl (C=O) groups is 5. The van der Waals surface area contributed by atoms with Crippen molar-refractivity contribution in [2.45, 2.75) is 19.4 Å². The summed E-state index contributed by atoms with van der Waals surface area (Å²) in [5.41, 5.74) is 2.79. The van der Waals surface area contributed by atoms with E-state index >= 15 is 0 Å². The van der Waals surface area contributed by atoms with Crippen LogP contribution in [-0.2, 0) is 20.9 Å². The molecule has 198 valence electrons. The van der Waals surface area contributed by atoms with Crippen LogP contribution in [-0.4, -0.2) is 54.8 Å². The minimum atomic E-state index is -0.474. The quantitative estimate of drug-likeness (QED) is 0.352. The summed E-state index contributed by atoms with van der Waals surface area (Å²) < 4.78 is 10.3. The minimum Gasteiger partial charge on any atom is -0.482 e. The van der Waals surface area contributed by atoms with Crippen molar-refractivity contribution in [3.63, 3.8) is 0 Å². The molecule has 0 fully saturated rings. The van der Waals surface area contributed by atoms with E-state index in [-0.39, 0.29) is 49.7 Å². The van der Waals surface area contributed by atoms with Gasteiger partial charge in [-0.1, -0.05) is 24.3 Å². The van der Waals surface area contributed by atoms with Gasteiger partial charge < -0.3 is 19.7 Å². The van der Waals surface area contributed by atoms with Crippen LogP contribution in [0.2, 0.25) is 0 Å². The highest BCUT2D eigenvalue weighted by atomic mass is 16.5. The highest BCUT2D eigenvalue weighted by Crippen LogP contribution is 2.35. The number of nitrogens with one attached hydrogen (secondary N) is 1. The summed E-state index contributed by atoms with van der Waals surface area (Å²) in [6.45, 7) is 0.190. The first kappa shape index (κ1) is 25.7. The number of methoxy groups -OCH3 is 1. The fraction of sp³-hybridized carbons (Fsp3) is 0.207. The van der Waals surface area contributed by atoms with Gasteiger partial charge in [0, 0.05) is 18.7 Å². The summed E-state index contributed by atoms with van der Waals surface area (Å²) in [6, 6.07) is 18.5. The van der Waals surface area contributed by atoms with E-state index in [4.69, 9.17) is 9.47 Å². The van der Waals surface area contributed by atoms with Gasteiger partial charge in [0.05, 0.1) is 36.0 Å².